The molecule has 0 aliphatic carbocycles. The Labute approximate surface area is 126 Å². The van der Waals surface area contributed by atoms with E-state index < -0.39 is 5.97 Å². The van der Waals surface area contributed by atoms with Gasteiger partial charge < -0.3 is 5.11 Å². The minimum atomic E-state index is -0.982. The number of carbonyl (C=O) groups is 1. The van der Waals surface area contributed by atoms with Crippen molar-refractivity contribution in [1.29, 1.82) is 0 Å². The highest BCUT2D eigenvalue weighted by Crippen LogP contribution is 2.20. The van der Waals surface area contributed by atoms with Gasteiger partial charge in [-0.1, -0.05) is 54.1 Å². The first-order valence-electron chi connectivity index (χ1n) is 6.19. The predicted molar refractivity (Wildman–Crippen MR) is 83.4 cm³/mol. The van der Waals surface area contributed by atoms with Gasteiger partial charge in [0.05, 0.1) is 5.02 Å². The third kappa shape index (κ3) is 4.58. The van der Waals surface area contributed by atoms with Crippen LogP contribution in [0.15, 0.2) is 48.5 Å². The van der Waals surface area contributed by atoms with Gasteiger partial charge in [-0.25, -0.2) is 9.18 Å². The first-order chi connectivity index (χ1) is 10.0. The SMILES string of the molecule is O=C(O)/C=C/c1ccc(/C=C/c2ccc(F)cc2Cl)cc1. The molecule has 0 atom stereocenters. The lowest BCUT2D eigenvalue weighted by Crippen LogP contribution is -1.85. The van der Waals surface area contributed by atoms with Crippen molar-refractivity contribution >= 4 is 35.8 Å². The maximum atomic E-state index is 12.9. The number of carboxylic acids is 1. The molecule has 0 saturated heterocycles. The van der Waals surface area contributed by atoms with Gasteiger partial charge in [-0.15, -0.1) is 0 Å². The lowest BCUT2D eigenvalue weighted by molar-refractivity contribution is -0.131. The van der Waals surface area contributed by atoms with Crippen LogP contribution in [0.2, 0.25) is 5.02 Å². The van der Waals surface area contributed by atoms with Gasteiger partial charge in [0.25, 0.3) is 0 Å². The summed E-state index contributed by atoms with van der Waals surface area (Å²) < 4.78 is 12.9. The summed E-state index contributed by atoms with van der Waals surface area (Å²) in [5.41, 5.74) is 2.46. The fourth-order valence-electron chi connectivity index (χ4n) is 1.71. The van der Waals surface area contributed by atoms with Crippen LogP contribution in [-0.4, -0.2) is 11.1 Å². The molecule has 0 amide bonds. The van der Waals surface area contributed by atoms with Crippen molar-refractivity contribution in [2.45, 2.75) is 0 Å². The largest absolute Gasteiger partial charge is 0.478 e. The van der Waals surface area contributed by atoms with Crippen LogP contribution in [-0.2, 0) is 4.79 Å². The Morgan fingerprint density at radius 1 is 1.00 bits per heavy atom. The molecule has 0 aliphatic heterocycles. The van der Waals surface area contributed by atoms with Gasteiger partial charge in [0, 0.05) is 6.08 Å². The summed E-state index contributed by atoms with van der Waals surface area (Å²) in [6.07, 6.45) is 6.25. The number of benzene rings is 2. The van der Waals surface area contributed by atoms with Crippen LogP contribution in [0.5, 0.6) is 0 Å². The van der Waals surface area contributed by atoms with Crippen LogP contribution in [0.3, 0.4) is 0 Å². The molecule has 0 unspecified atom stereocenters. The van der Waals surface area contributed by atoms with Crippen LogP contribution in [0, 0.1) is 5.82 Å². The number of hydrogen-bond acceptors (Lipinski definition) is 1. The van der Waals surface area contributed by atoms with Crippen molar-refractivity contribution in [1.82, 2.24) is 0 Å². The zero-order valence-electron chi connectivity index (χ0n) is 11.0. The fourth-order valence-corrected chi connectivity index (χ4v) is 1.94. The molecule has 21 heavy (non-hydrogen) atoms. The molecule has 0 aromatic heterocycles. The van der Waals surface area contributed by atoms with Crippen molar-refractivity contribution in [2.75, 3.05) is 0 Å². The fraction of sp³-hybridized carbons (Fsp3) is 0. The van der Waals surface area contributed by atoms with E-state index in [1.54, 1.807) is 12.1 Å². The maximum Gasteiger partial charge on any atom is 0.328 e. The average molecular weight is 303 g/mol. The molecule has 2 rings (SSSR count). The molecular weight excluding hydrogens is 291 g/mol. The Morgan fingerprint density at radius 2 is 1.62 bits per heavy atom. The number of aliphatic carboxylic acids is 1. The van der Waals surface area contributed by atoms with E-state index in [4.69, 9.17) is 16.7 Å². The number of hydrogen-bond donors (Lipinski definition) is 1. The summed E-state index contributed by atoms with van der Waals surface area (Å²) in [5, 5.41) is 8.90. The minimum Gasteiger partial charge on any atom is -0.478 e. The molecule has 2 nitrogen and oxygen atoms in total. The summed E-state index contributed by atoms with van der Waals surface area (Å²) in [6.45, 7) is 0. The Balaban J connectivity index is 2.12. The summed E-state index contributed by atoms with van der Waals surface area (Å²) in [4.78, 5) is 10.4. The lowest BCUT2D eigenvalue weighted by atomic mass is 10.1. The molecule has 0 heterocycles. The summed E-state index contributed by atoms with van der Waals surface area (Å²) in [5.74, 6) is -1.35. The van der Waals surface area contributed by atoms with E-state index in [1.165, 1.54) is 18.2 Å². The molecule has 2 aromatic carbocycles. The van der Waals surface area contributed by atoms with Crippen molar-refractivity contribution in [2.24, 2.45) is 0 Å². The van der Waals surface area contributed by atoms with Crippen molar-refractivity contribution in [3.8, 4) is 0 Å². The van der Waals surface area contributed by atoms with E-state index >= 15 is 0 Å². The van der Waals surface area contributed by atoms with Crippen LogP contribution < -0.4 is 0 Å². The zero-order valence-corrected chi connectivity index (χ0v) is 11.7. The molecule has 1 N–H and O–H groups in total. The second-order valence-electron chi connectivity index (χ2n) is 4.34. The van der Waals surface area contributed by atoms with E-state index in [-0.39, 0.29) is 5.82 Å². The van der Waals surface area contributed by atoms with Gasteiger partial charge >= 0.3 is 5.97 Å². The lowest BCUT2D eigenvalue weighted by Gasteiger charge is -1.99. The highest BCUT2D eigenvalue weighted by molar-refractivity contribution is 6.32. The van der Waals surface area contributed by atoms with Gasteiger partial charge in [0.15, 0.2) is 0 Å². The number of carboxylic acid groups (broad SMARTS) is 1. The zero-order chi connectivity index (χ0) is 15.2. The Morgan fingerprint density at radius 3 is 2.19 bits per heavy atom. The highest BCUT2D eigenvalue weighted by atomic mass is 35.5. The molecule has 4 heteroatoms. The highest BCUT2D eigenvalue weighted by Gasteiger charge is 1.98. The molecule has 0 fully saturated rings. The van der Waals surface area contributed by atoms with Crippen LogP contribution in [0.1, 0.15) is 16.7 Å². The van der Waals surface area contributed by atoms with E-state index in [2.05, 4.69) is 0 Å². The standard InChI is InChI=1S/C17H12ClFO2/c18-16-11-15(19)9-8-14(16)7-5-12-1-3-13(4-2-12)6-10-17(20)21/h1-11H,(H,20,21)/b7-5+,10-6+. The summed E-state index contributed by atoms with van der Waals surface area (Å²) >= 11 is 5.94. The van der Waals surface area contributed by atoms with Crippen molar-refractivity contribution < 1.29 is 14.3 Å². The molecule has 106 valence electrons. The van der Waals surface area contributed by atoms with E-state index in [1.807, 2.05) is 30.3 Å². The second kappa shape index (κ2) is 6.86. The van der Waals surface area contributed by atoms with Crippen molar-refractivity contribution in [3.05, 3.63) is 76.1 Å². The van der Waals surface area contributed by atoms with E-state index in [9.17, 15) is 9.18 Å². The first kappa shape index (κ1) is 15.0. The summed E-state index contributed by atoms with van der Waals surface area (Å²) in [6, 6.07) is 11.6. The van der Waals surface area contributed by atoms with Crippen molar-refractivity contribution in [3.63, 3.8) is 0 Å². The van der Waals surface area contributed by atoms with Crippen LogP contribution >= 0.6 is 11.6 Å². The van der Waals surface area contributed by atoms with Crippen LogP contribution in [0.4, 0.5) is 4.39 Å². The first-order valence-corrected chi connectivity index (χ1v) is 6.56. The summed E-state index contributed by atoms with van der Waals surface area (Å²) in [7, 11) is 0. The second-order valence-corrected chi connectivity index (χ2v) is 4.74. The molecule has 0 aliphatic rings. The quantitative estimate of drug-likeness (QED) is 0.654. The topological polar surface area (TPSA) is 37.3 Å². The smallest absolute Gasteiger partial charge is 0.328 e. The maximum absolute atomic E-state index is 12.9. The normalized spacial score (nSPS) is 11.3. The monoisotopic (exact) mass is 302 g/mol. The number of rotatable bonds is 4. The van der Waals surface area contributed by atoms with Gasteiger partial charge in [-0.05, 0) is 34.9 Å². The minimum absolute atomic E-state index is 0.354. The molecule has 2 aromatic rings. The molecule has 0 spiro atoms. The Hall–Kier alpha value is -2.39. The van der Waals surface area contributed by atoms with E-state index in [0.717, 1.165) is 22.8 Å². The molecule has 0 saturated carbocycles. The van der Waals surface area contributed by atoms with Gasteiger partial charge in [0.2, 0.25) is 0 Å². The third-order valence-corrected chi connectivity index (χ3v) is 3.10. The molecule has 0 radical (unpaired) electrons. The average Bonchev–Trinajstić information content (AvgIpc) is 2.45. The third-order valence-electron chi connectivity index (χ3n) is 2.77. The van der Waals surface area contributed by atoms with Gasteiger partial charge in [-0.2, -0.15) is 0 Å². The Kier molecular flexibility index (Phi) is 4.90. The van der Waals surface area contributed by atoms with E-state index in [0.29, 0.717) is 5.02 Å². The van der Waals surface area contributed by atoms with Crippen LogP contribution in [0.25, 0.3) is 18.2 Å². The molecule has 0 bridgehead atoms. The predicted octanol–water partition coefficient (Wildman–Crippen LogP) is 4.75. The van der Waals surface area contributed by atoms with Gasteiger partial charge in [0.1, 0.15) is 5.82 Å². The van der Waals surface area contributed by atoms with Gasteiger partial charge in [-0.3, -0.25) is 0 Å². The molecular formula is C17H12ClFO2. The Bertz CT molecular complexity index is 703. The number of halogens is 2.